The van der Waals surface area contributed by atoms with Gasteiger partial charge in [-0.15, -0.1) is 0 Å². The number of hydrogen-bond donors (Lipinski definition) is 0. The Labute approximate surface area is 374 Å². The summed E-state index contributed by atoms with van der Waals surface area (Å²) in [5, 5.41) is 3.38. The van der Waals surface area contributed by atoms with E-state index in [0.717, 1.165) is 72.3 Å². The summed E-state index contributed by atoms with van der Waals surface area (Å²) in [7, 11) is 0. The molecule has 2 aromatic heterocycles. The quantitative estimate of drug-likeness (QED) is 0.108. The largest absolute Gasteiger partial charge is 0.247 e. The van der Waals surface area contributed by atoms with Crippen molar-refractivity contribution in [3.05, 3.63) is 259 Å². The van der Waals surface area contributed by atoms with E-state index in [1.807, 2.05) is 37.3 Å². The van der Waals surface area contributed by atoms with Crippen LogP contribution in [0.4, 0.5) is 0 Å². The Kier molecular flexibility index (Phi) is 9.79. The topological polar surface area (TPSA) is 38.7 Å². The maximum atomic E-state index is 5.48. The lowest BCUT2D eigenvalue weighted by molar-refractivity contribution is 0.771. The second-order valence-electron chi connectivity index (χ2n) is 16.3. The van der Waals surface area contributed by atoms with Crippen LogP contribution in [0.25, 0.3) is 89.1 Å². The number of fused-ring (bicyclic) bond motifs is 6. The summed E-state index contributed by atoms with van der Waals surface area (Å²) in [4.78, 5) is 16.1. The summed E-state index contributed by atoms with van der Waals surface area (Å²) in [5.41, 5.74) is 16.1. The van der Waals surface area contributed by atoms with Crippen molar-refractivity contribution >= 4 is 21.7 Å². The van der Waals surface area contributed by atoms with Gasteiger partial charge in [-0.25, -0.2) is 15.0 Å². The lowest BCUT2D eigenvalue weighted by Crippen LogP contribution is -2.28. The van der Waals surface area contributed by atoms with E-state index in [1.54, 1.807) is 0 Å². The molecule has 302 valence electrons. The Morgan fingerprint density at radius 2 is 0.984 bits per heavy atom. The van der Waals surface area contributed by atoms with E-state index in [9.17, 15) is 0 Å². The molecule has 0 saturated carbocycles. The number of nitrogens with zero attached hydrogens (tertiary/aromatic N) is 3. The normalized spacial score (nSPS) is 14.3. The van der Waals surface area contributed by atoms with E-state index in [4.69, 9.17) is 21.5 Å². The Morgan fingerprint density at radius 1 is 0.438 bits per heavy atom. The molecule has 0 aliphatic heterocycles. The molecule has 11 rings (SSSR count). The molecule has 10 aromatic rings. The molecule has 1 aliphatic carbocycles. The van der Waals surface area contributed by atoms with Crippen molar-refractivity contribution in [2.45, 2.75) is 12.3 Å². The predicted molar refractivity (Wildman–Crippen MR) is 267 cm³/mol. The average Bonchev–Trinajstić information content (AvgIpc) is 3.66. The third-order valence-electron chi connectivity index (χ3n) is 12.6. The molecule has 0 bridgehead atoms. The molecule has 3 nitrogen and oxygen atoms in total. The molecule has 0 N–H and O–H groups in total. The van der Waals surface area contributed by atoms with Crippen LogP contribution in [0.15, 0.2) is 243 Å². The average molecular weight is 818 g/mol. The predicted octanol–water partition coefficient (Wildman–Crippen LogP) is 15.5. The van der Waals surface area contributed by atoms with Gasteiger partial charge in [-0.2, -0.15) is 0 Å². The van der Waals surface area contributed by atoms with Gasteiger partial charge in [0.1, 0.15) is 0 Å². The number of aromatic nitrogens is 3. The van der Waals surface area contributed by atoms with Gasteiger partial charge in [0.05, 0.1) is 28.0 Å². The highest BCUT2D eigenvalue weighted by molar-refractivity contribution is 6.13. The van der Waals surface area contributed by atoms with Crippen molar-refractivity contribution in [1.29, 1.82) is 0 Å². The van der Waals surface area contributed by atoms with Crippen molar-refractivity contribution < 1.29 is 0 Å². The van der Waals surface area contributed by atoms with Crippen LogP contribution >= 0.6 is 0 Å². The van der Waals surface area contributed by atoms with E-state index in [-0.39, 0.29) is 0 Å². The SMILES string of the molecule is C=C(/C=C\C=C/C)C1(c2ccccc2)c2ccccc2-c2cc3c(cc21)c(-c1ccc(-c2c(-c4ccccc4)nc(-c4ccccc4)nc2-c2ccccc2)cc1)nc1ccccc13. The molecule has 1 unspecified atom stereocenters. The minimum absolute atomic E-state index is 0.625. The van der Waals surface area contributed by atoms with Crippen LogP contribution in [0.2, 0.25) is 0 Å². The molecule has 2 heterocycles. The van der Waals surface area contributed by atoms with Crippen LogP contribution < -0.4 is 0 Å². The molecule has 0 fully saturated rings. The first-order valence-corrected chi connectivity index (χ1v) is 21.8. The fourth-order valence-corrected chi connectivity index (χ4v) is 9.73. The third-order valence-corrected chi connectivity index (χ3v) is 12.6. The highest BCUT2D eigenvalue weighted by Gasteiger charge is 2.46. The van der Waals surface area contributed by atoms with Crippen LogP contribution in [-0.2, 0) is 5.41 Å². The van der Waals surface area contributed by atoms with Gasteiger partial charge in [0.25, 0.3) is 0 Å². The molecule has 1 atom stereocenters. The van der Waals surface area contributed by atoms with Gasteiger partial charge < -0.3 is 0 Å². The van der Waals surface area contributed by atoms with Crippen LogP contribution in [0.1, 0.15) is 23.6 Å². The summed E-state index contributed by atoms with van der Waals surface area (Å²) in [6.45, 7) is 6.88. The smallest absolute Gasteiger partial charge is 0.160 e. The van der Waals surface area contributed by atoms with Crippen molar-refractivity contribution in [3.8, 4) is 67.4 Å². The zero-order valence-corrected chi connectivity index (χ0v) is 35.5. The lowest BCUT2D eigenvalue weighted by Gasteiger charge is -2.34. The van der Waals surface area contributed by atoms with Gasteiger partial charge in [0.15, 0.2) is 5.82 Å². The fourth-order valence-electron chi connectivity index (χ4n) is 9.73. The number of para-hydroxylation sites is 1. The summed E-state index contributed by atoms with van der Waals surface area (Å²) in [5.74, 6) is 0.687. The van der Waals surface area contributed by atoms with Gasteiger partial charge >= 0.3 is 0 Å². The first kappa shape index (κ1) is 38.6. The minimum Gasteiger partial charge on any atom is -0.247 e. The second-order valence-corrected chi connectivity index (χ2v) is 16.3. The van der Waals surface area contributed by atoms with Gasteiger partial charge in [0, 0.05) is 38.6 Å². The number of allylic oxidation sites excluding steroid dienone is 5. The van der Waals surface area contributed by atoms with Crippen LogP contribution in [0.5, 0.6) is 0 Å². The minimum atomic E-state index is -0.625. The molecular formula is C61H43N3. The summed E-state index contributed by atoms with van der Waals surface area (Å²) in [6, 6.07) is 73.0. The van der Waals surface area contributed by atoms with E-state index < -0.39 is 5.41 Å². The molecule has 8 aromatic carbocycles. The van der Waals surface area contributed by atoms with Gasteiger partial charge in [0.2, 0.25) is 0 Å². The lowest BCUT2D eigenvalue weighted by atomic mass is 9.67. The molecule has 0 amide bonds. The number of rotatable bonds is 9. The highest BCUT2D eigenvalue weighted by atomic mass is 14.9. The monoisotopic (exact) mass is 817 g/mol. The van der Waals surface area contributed by atoms with Gasteiger partial charge in [-0.05, 0) is 69.5 Å². The van der Waals surface area contributed by atoms with Gasteiger partial charge in [-0.1, -0.05) is 219 Å². The molecule has 0 radical (unpaired) electrons. The third kappa shape index (κ3) is 6.40. The Balaban J connectivity index is 1.15. The Morgan fingerprint density at radius 3 is 1.64 bits per heavy atom. The Bertz CT molecular complexity index is 3370. The summed E-state index contributed by atoms with van der Waals surface area (Å²) < 4.78 is 0. The van der Waals surface area contributed by atoms with Crippen LogP contribution in [0, 0.1) is 0 Å². The number of hydrogen-bond acceptors (Lipinski definition) is 3. The molecule has 3 heteroatoms. The van der Waals surface area contributed by atoms with Crippen molar-refractivity contribution in [2.75, 3.05) is 0 Å². The van der Waals surface area contributed by atoms with E-state index in [2.05, 4.69) is 200 Å². The zero-order chi connectivity index (χ0) is 43.0. The number of benzene rings is 8. The maximum Gasteiger partial charge on any atom is 0.160 e. The van der Waals surface area contributed by atoms with Crippen LogP contribution in [-0.4, -0.2) is 15.0 Å². The highest BCUT2D eigenvalue weighted by Crippen LogP contribution is 2.57. The fraction of sp³-hybridized carbons (Fsp3) is 0.0328. The Hall–Kier alpha value is -8.27. The first-order valence-electron chi connectivity index (χ1n) is 21.8. The first-order chi connectivity index (χ1) is 31.6. The summed E-state index contributed by atoms with van der Waals surface area (Å²) >= 11 is 0. The van der Waals surface area contributed by atoms with Crippen molar-refractivity contribution in [1.82, 2.24) is 15.0 Å². The maximum absolute atomic E-state index is 5.48. The molecular weight excluding hydrogens is 775 g/mol. The second kappa shape index (κ2) is 16.2. The standard InChI is InChI=1S/C61H43N3/c1-3-4-9-22-41(2)61(47-29-16-8-17-30-47)53-33-20-18-31-48(53)51-39-50-49-32-19-21-34-55(49)62-57(52(50)40-54(51)61)45-37-35-42(36-38-45)56-58(43-23-10-5-11-24-43)63-60(46-27-14-7-15-28-46)64-59(56)44-25-12-6-13-26-44/h3-40H,2H2,1H3/b4-3-,22-9-. The van der Waals surface area contributed by atoms with E-state index in [1.165, 1.54) is 33.2 Å². The van der Waals surface area contributed by atoms with Crippen molar-refractivity contribution in [3.63, 3.8) is 0 Å². The number of pyridine rings is 1. The molecule has 1 aliphatic rings. The van der Waals surface area contributed by atoms with E-state index >= 15 is 0 Å². The zero-order valence-electron chi connectivity index (χ0n) is 35.5. The molecule has 64 heavy (non-hydrogen) atoms. The molecule has 0 saturated heterocycles. The van der Waals surface area contributed by atoms with Crippen molar-refractivity contribution in [2.24, 2.45) is 0 Å². The molecule has 0 spiro atoms. The van der Waals surface area contributed by atoms with E-state index in [0.29, 0.717) is 5.82 Å². The van der Waals surface area contributed by atoms with Crippen LogP contribution in [0.3, 0.4) is 0 Å². The van der Waals surface area contributed by atoms with Gasteiger partial charge in [-0.3, -0.25) is 0 Å². The summed E-state index contributed by atoms with van der Waals surface area (Å²) in [6.07, 6.45) is 8.39.